The molecule has 0 amide bonds. The van der Waals surface area contributed by atoms with E-state index in [9.17, 15) is 9.50 Å². The van der Waals surface area contributed by atoms with E-state index in [4.69, 9.17) is 0 Å². The third-order valence-electron chi connectivity index (χ3n) is 3.71. The maximum atomic E-state index is 12.9. The molecule has 1 unspecified atom stereocenters. The van der Waals surface area contributed by atoms with Crippen LogP contribution in [-0.4, -0.2) is 43.6 Å². The fourth-order valence-electron chi connectivity index (χ4n) is 2.32. The van der Waals surface area contributed by atoms with E-state index in [-0.39, 0.29) is 18.3 Å². The first kappa shape index (κ1) is 19.3. The quantitative estimate of drug-likeness (QED) is 0.293. The van der Waals surface area contributed by atoms with Crippen molar-refractivity contribution in [3.63, 3.8) is 0 Å². The van der Waals surface area contributed by atoms with Gasteiger partial charge in [-0.25, -0.2) is 4.39 Å². The van der Waals surface area contributed by atoms with E-state index < -0.39 is 0 Å². The smallest absolute Gasteiger partial charge is 0.191 e. The lowest BCUT2D eigenvalue weighted by Gasteiger charge is -2.18. The third kappa shape index (κ3) is 6.76. The fraction of sp³-hybridized carbons (Fsp3) is 0.316. The van der Waals surface area contributed by atoms with Gasteiger partial charge in [-0.05, 0) is 29.8 Å². The summed E-state index contributed by atoms with van der Waals surface area (Å²) in [6.45, 7) is 1.41. The van der Waals surface area contributed by atoms with Crippen molar-refractivity contribution in [2.75, 3.05) is 32.5 Å². The second-order valence-electron chi connectivity index (χ2n) is 5.47. The van der Waals surface area contributed by atoms with E-state index in [0.717, 1.165) is 22.8 Å². The average molecular weight is 361 g/mol. The van der Waals surface area contributed by atoms with Gasteiger partial charge in [-0.15, -0.1) is 11.8 Å². The van der Waals surface area contributed by atoms with Crippen LogP contribution in [0, 0.1) is 5.82 Å². The summed E-state index contributed by atoms with van der Waals surface area (Å²) in [5.74, 6) is 1.35. The summed E-state index contributed by atoms with van der Waals surface area (Å²) in [7, 11) is 1.72. The van der Waals surface area contributed by atoms with Crippen molar-refractivity contribution in [1.82, 2.24) is 10.6 Å². The molecule has 0 saturated carbocycles. The van der Waals surface area contributed by atoms with E-state index >= 15 is 0 Å². The molecule has 0 radical (unpaired) electrons. The van der Waals surface area contributed by atoms with Crippen LogP contribution in [0.3, 0.4) is 0 Å². The van der Waals surface area contributed by atoms with Crippen molar-refractivity contribution in [3.05, 3.63) is 66.0 Å². The second kappa shape index (κ2) is 10.7. The van der Waals surface area contributed by atoms with Crippen LogP contribution < -0.4 is 10.6 Å². The Balaban J connectivity index is 1.72. The Morgan fingerprint density at radius 2 is 1.84 bits per heavy atom. The molecule has 0 heterocycles. The van der Waals surface area contributed by atoms with Crippen LogP contribution in [-0.2, 0) is 0 Å². The van der Waals surface area contributed by atoms with Crippen LogP contribution in [0.25, 0.3) is 0 Å². The van der Waals surface area contributed by atoms with Crippen LogP contribution >= 0.6 is 11.8 Å². The van der Waals surface area contributed by atoms with Gasteiger partial charge in [0.25, 0.3) is 0 Å². The molecule has 2 aromatic rings. The van der Waals surface area contributed by atoms with Gasteiger partial charge in [0, 0.05) is 36.7 Å². The highest BCUT2D eigenvalue weighted by molar-refractivity contribution is 7.99. The van der Waals surface area contributed by atoms with Gasteiger partial charge in [0.05, 0.1) is 6.61 Å². The van der Waals surface area contributed by atoms with E-state index in [0.29, 0.717) is 12.5 Å². The topological polar surface area (TPSA) is 56.7 Å². The maximum absolute atomic E-state index is 12.9. The van der Waals surface area contributed by atoms with Crippen molar-refractivity contribution in [1.29, 1.82) is 0 Å². The number of rotatable bonds is 8. The van der Waals surface area contributed by atoms with Crippen LogP contribution in [0.5, 0.6) is 0 Å². The zero-order valence-electron chi connectivity index (χ0n) is 14.3. The molecule has 1 atom stereocenters. The predicted molar refractivity (Wildman–Crippen MR) is 103 cm³/mol. The van der Waals surface area contributed by atoms with Gasteiger partial charge in [-0.1, -0.05) is 30.3 Å². The molecule has 0 fully saturated rings. The largest absolute Gasteiger partial charge is 0.396 e. The van der Waals surface area contributed by atoms with E-state index in [1.54, 1.807) is 30.9 Å². The number of benzene rings is 2. The number of hydrogen-bond acceptors (Lipinski definition) is 3. The molecule has 2 rings (SSSR count). The normalized spacial score (nSPS) is 12.7. The predicted octanol–water partition coefficient (Wildman–Crippen LogP) is 2.86. The molecular formula is C19H24FN3OS. The zero-order valence-corrected chi connectivity index (χ0v) is 15.1. The van der Waals surface area contributed by atoms with Gasteiger partial charge in [-0.3, -0.25) is 4.99 Å². The zero-order chi connectivity index (χ0) is 17.9. The van der Waals surface area contributed by atoms with Crippen molar-refractivity contribution in [3.8, 4) is 0 Å². The Labute approximate surface area is 152 Å². The SMILES string of the molecule is CN=C(NCCSc1ccc(F)cc1)NCC(CO)c1ccccc1. The monoisotopic (exact) mass is 361 g/mol. The number of thioether (sulfide) groups is 1. The van der Waals surface area contributed by atoms with Gasteiger partial charge in [0.2, 0.25) is 0 Å². The lowest BCUT2D eigenvalue weighted by atomic mass is 10.0. The fourth-order valence-corrected chi connectivity index (χ4v) is 3.09. The van der Waals surface area contributed by atoms with Crippen molar-refractivity contribution >= 4 is 17.7 Å². The summed E-state index contributed by atoms with van der Waals surface area (Å²) in [6, 6.07) is 16.4. The molecule has 0 aliphatic carbocycles. The highest BCUT2D eigenvalue weighted by Crippen LogP contribution is 2.17. The molecule has 0 spiro atoms. The summed E-state index contributed by atoms with van der Waals surface area (Å²) >= 11 is 1.66. The van der Waals surface area contributed by atoms with Crippen molar-refractivity contribution in [2.45, 2.75) is 10.8 Å². The molecule has 25 heavy (non-hydrogen) atoms. The summed E-state index contributed by atoms with van der Waals surface area (Å²) in [5, 5.41) is 16.1. The van der Waals surface area contributed by atoms with Gasteiger partial charge >= 0.3 is 0 Å². The number of guanidine groups is 1. The standard InChI is InChI=1S/C19H24FN3OS/c1-21-19(22-11-12-25-18-9-7-17(20)8-10-18)23-13-16(14-24)15-5-3-2-4-6-15/h2-10,16,24H,11-14H2,1H3,(H2,21,22,23). The highest BCUT2D eigenvalue weighted by atomic mass is 32.2. The minimum atomic E-state index is -0.219. The first-order chi connectivity index (χ1) is 12.2. The summed E-state index contributed by atoms with van der Waals surface area (Å²) in [6.07, 6.45) is 0. The first-order valence-corrected chi connectivity index (χ1v) is 9.20. The van der Waals surface area contributed by atoms with Gasteiger partial charge in [0.15, 0.2) is 5.96 Å². The van der Waals surface area contributed by atoms with Gasteiger partial charge in [0.1, 0.15) is 5.82 Å². The highest BCUT2D eigenvalue weighted by Gasteiger charge is 2.10. The van der Waals surface area contributed by atoms with Gasteiger partial charge in [-0.2, -0.15) is 0 Å². The molecule has 134 valence electrons. The number of aliphatic imine (C=N–C) groups is 1. The maximum Gasteiger partial charge on any atom is 0.191 e. The Morgan fingerprint density at radius 1 is 1.12 bits per heavy atom. The van der Waals surface area contributed by atoms with Crippen molar-refractivity contribution < 1.29 is 9.50 Å². The van der Waals surface area contributed by atoms with E-state index in [1.165, 1.54) is 12.1 Å². The Hall–Kier alpha value is -2.05. The molecule has 0 bridgehead atoms. The third-order valence-corrected chi connectivity index (χ3v) is 4.72. The minimum absolute atomic E-state index is 0.0216. The van der Waals surface area contributed by atoms with E-state index in [2.05, 4.69) is 15.6 Å². The van der Waals surface area contributed by atoms with Crippen LogP contribution in [0.15, 0.2) is 64.5 Å². The molecular weight excluding hydrogens is 337 g/mol. The summed E-state index contributed by atoms with van der Waals surface area (Å²) < 4.78 is 12.9. The Kier molecular flexibility index (Phi) is 8.28. The second-order valence-corrected chi connectivity index (χ2v) is 6.64. The summed E-state index contributed by atoms with van der Waals surface area (Å²) in [4.78, 5) is 5.24. The van der Waals surface area contributed by atoms with E-state index in [1.807, 2.05) is 30.3 Å². The lowest BCUT2D eigenvalue weighted by molar-refractivity contribution is 0.265. The van der Waals surface area contributed by atoms with Crippen molar-refractivity contribution in [2.24, 2.45) is 4.99 Å². The molecule has 0 aliphatic rings. The minimum Gasteiger partial charge on any atom is -0.396 e. The number of aliphatic hydroxyl groups is 1. The molecule has 3 N–H and O–H groups in total. The van der Waals surface area contributed by atoms with Crippen LogP contribution in [0.1, 0.15) is 11.5 Å². The molecule has 0 aromatic heterocycles. The molecule has 2 aromatic carbocycles. The number of nitrogens with one attached hydrogen (secondary N) is 2. The molecule has 6 heteroatoms. The van der Waals surface area contributed by atoms with Crippen LogP contribution in [0.4, 0.5) is 4.39 Å². The van der Waals surface area contributed by atoms with Gasteiger partial charge < -0.3 is 15.7 Å². The molecule has 0 saturated heterocycles. The lowest BCUT2D eigenvalue weighted by Crippen LogP contribution is -2.40. The molecule has 0 aliphatic heterocycles. The molecule has 4 nitrogen and oxygen atoms in total. The Bertz CT molecular complexity index is 649. The Morgan fingerprint density at radius 3 is 2.48 bits per heavy atom. The van der Waals surface area contributed by atoms with Crippen LogP contribution in [0.2, 0.25) is 0 Å². The number of nitrogens with zero attached hydrogens (tertiary/aromatic N) is 1. The first-order valence-electron chi connectivity index (χ1n) is 8.21. The number of aliphatic hydroxyl groups excluding tert-OH is 1. The number of halogens is 1. The average Bonchev–Trinajstić information content (AvgIpc) is 2.66. The summed E-state index contributed by atoms with van der Waals surface area (Å²) in [5.41, 5.74) is 1.10. The number of hydrogen-bond donors (Lipinski definition) is 3.